The molecule has 0 amide bonds. The number of nitrogens with one attached hydrogen (secondary N) is 2. The molecule has 0 aliphatic rings. The minimum absolute atomic E-state index is 0.686. The fourth-order valence-corrected chi connectivity index (χ4v) is 2.70. The molecular weight excluding hydrogens is 328 g/mol. The molecule has 3 aromatic rings. The van der Waals surface area contributed by atoms with E-state index >= 15 is 0 Å². The van der Waals surface area contributed by atoms with Gasteiger partial charge < -0.3 is 15.4 Å². The fourth-order valence-electron chi connectivity index (χ4n) is 2.70. The lowest BCUT2D eigenvalue weighted by atomic mass is 10.2. The van der Waals surface area contributed by atoms with E-state index in [2.05, 4.69) is 31.9 Å². The lowest BCUT2D eigenvalue weighted by molar-refractivity contribution is 0.414. The van der Waals surface area contributed by atoms with Crippen LogP contribution in [0.1, 0.15) is 17.8 Å². The first-order chi connectivity index (χ1) is 12.8. The number of aryl methyl sites for hydroxylation is 1. The number of pyridine rings is 1. The fraction of sp³-hybridized carbons (Fsp3) is 0.316. The molecule has 0 atom stereocenters. The maximum Gasteiger partial charge on any atom is 0.191 e. The number of ether oxygens (including phenoxy) is 1. The number of benzene rings is 1. The predicted octanol–water partition coefficient (Wildman–Crippen LogP) is 2.04. The lowest BCUT2D eigenvalue weighted by Gasteiger charge is -2.12. The van der Waals surface area contributed by atoms with E-state index in [0.717, 1.165) is 48.1 Å². The maximum atomic E-state index is 5.25. The van der Waals surface area contributed by atoms with Gasteiger partial charge in [0.05, 0.1) is 7.11 Å². The Morgan fingerprint density at radius 2 is 2.08 bits per heavy atom. The molecular formula is C19H24N6O. The molecule has 0 fully saturated rings. The van der Waals surface area contributed by atoms with E-state index in [9.17, 15) is 0 Å². The molecule has 2 aromatic heterocycles. The Kier molecular flexibility index (Phi) is 6.03. The van der Waals surface area contributed by atoms with Gasteiger partial charge >= 0.3 is 0 Å². The zero-order valence-electron chi connectivity index (χ0n) is 15.1. The third-order valence-electron chi connectivity index (χ3n) is 4.07. The van der Waals surface area contributed by atoms with E-state index < -0.39 is 0 Å². The standard InChI is InChI=1S/C19H24N6O/c1-20-19(22-14-15-7-5-8-16(13-15)26-2)21-11-6-10-18-24-23-17-9-3-4-12-25(17)18/h3-5,7-9,12-13H,6,10-11,14H2,1-2H3,(H2,20,21,22). The van der Waals surface area contributed by atoms with Crippen molar-refractivity contribution in [1.82, 2.24) is 25.2 Å². The molecule has 0 aliphatic heterocycles. The number of nitrogens with zero attached hydrogens (tertiary/aromatic N) is 4. The van der Waals surface area contributed by atoms with Crippen molar-refractivity contribution in [2.24, 2.45) is 4.99 Å². The summed E-state index contributed by atoms with van der Waals surface area (Å²) < 4.78 is 7.27. The molecule has 136 valence electrons. The highest BCUT2D eigenvalue weighted by Crippen LogP contribution is 2.12. The van der Waals surface area contributed by atoms with Gasteiger partial charge in [-0.1, -0.05) is 18.2 Å². The Bertz CT molecular complexity index is 873. The number of hydrogen-bond donors (Lipinski definition) is 2. The summed E-state index contributed by atoms with van der Waals surface area (Å²) in [4.78, 5) is 4.26. The van der Waals surface area contributed by atoms with Crippen molar-refractivity contribution in [3.05, 3.63) is 60.0 Å². The normalized spacial score (nSPS) is 11.5. The van der Waals surface area contributed by atoms with Crippen LogP contribution in [-0.4, -0.2) is 41.3 Å². The van der Waals surface area contributed by atoms with E-state index in [4.69, 9.17) is 4.74 Å². The van der Waals surface area contributed by atoms with Gasteiger partial charge in [0.25, 0.3) is 0 Å². The Balaban J connectivity index is 1.44. The Morgan fingerprint density at radius 1 is 1.15 bits per heavy atom. The van der Waals surface area contributed by atoms with Crippen LogP contribution in [0.5, 0.6) is 5.75 Å². The molecule has 0 radical (unpaired) electrons. The van der Waals surface area contributed by atoms with Crippen LogP contribution < -0.4 is 15.4 Å². The van der Waals surface area contributed by atoms with Gasteiger partial charge in [-0.15, -0.1) is 10.2 Å². The first-order valence-corrected chi connectivity index (χ1v) is 8.66. The summed E-state index contributed by atoms with van der Waals surface area (Å²) in [6.07, 6.45) is 3.79. The van der Waals surface area contributed by atoms with Gasteiger partial charge in [-0.2, -0.15) is 0 Å². The summed E-state index contributed by atoms with van der Waals surface area (Å²) in [5.74, 6) is 2.61. The van der Waals surface area contributed by atoms with E-state index in [1.807, 2.05) is 47.0 Å². The maximum absolute atomic E-state index is 5.25. The predicted molar refractivity (Wildman–Crippen MR) is 103 cm³/mol. The topological polar surface area (TPSA) is 75.8 Å². The zero-order chi connectivity index (χ0) is 18.2. The van der Waals surface area contributed by atoms with Gasteiger partial charge in [0.15, 0.2) is 11.6 Å². The quantitative estimate of drug-likeness (QED) is 0.387. The van der Waals surface area contributed by atoms with Crippen LogP contribution in [0, 0.1) is 0 Å². The second-order valence-corrected chi connectivity index (χ2v) is 5.85. The number of methoxy groups -OCH3 is 1. The van der Waals surface area contributed by atoms with Crippen LogP contribution in [0.15, 0.2) is 53.7 Å². The summed E-state index contributed by atoms with van der Waals surface area (Å²) in [6, 6.07) is 13.9. The lowest BCUT2D eigenvalue weighted by Crippen LogP contribution is -2.37. The number of rotatable bonds is 7. The monoisotopic (exact) mass is 352 g/mol. The Morgan fingerprint density at radius 3 is 2.92 bits per heavy atom. The Hall–Kier alpha value is -3.09. The van der Waals surface area contributed by atoms with Crippen molar-refractivity contribution in [1.29, 1.82) is 0 Å². The second kappa shape index (κ2) is 8.84. The average Bonchev–Trinajstić information content (AvgIpc) is 3.11. The van der Waals surface area contributed by atoms with Gasteiger partial charge in [0.1, 0.15) is 11.6 Å². The second-order valence-electron chi connectivity index (χ2n) is 5.85. The highest BCUT2D eigenvalue weighted by molar-refractivity contribution is 5.79. The van der Waals surface area contributed by atoms with Crippen LogP contribution in [-0.2, 0) is 13.0 Å². The van der Waals surface area contributed by atoms with Crippen molar-refractivity contribution in [3.8, 4) is 5.75 Å². The first-order valence-electron chi connectivity index (χ1n) is 8.66. The van der Waals surface area contributed by atoms with Crippen LogP contribution in [0.3, 0.4) is 0 Å². The molecule has 7 nitrogen and oxygen atoms in total. The van der Waals surface area contributed by atoms with Crippen molar-refractivity contribution >= 4 is 11.6 Å². The van der Waals surface area contributed by atoms with Crippen LogP contribution in [0.4, 0.5) is 0 Å². The van der Waals surface area contributed by atoms with Crippen molar-refractivity contribution < 1.29 is 4.74 Å². The molecule has 2 heterocycles. The molecule has 0 unspecified atom stereocenters. The Labute approximate surface area is 153 Å². The number of aliphatic imine (C=N–C) groups is 1. The molecule has 0 bridgehead atoms. The van der Waals surface area contributed by atoms with Gasteiger partial charge in [-0.25, -0.2) is 0 Å². The highest BCUT2D eigenvalue weighted by atomic mass is 16.5. The average molecular weight is 352 g/mol. The van der Waals surface area contributed by atoms with Crippen LogP contribution in [0.2, 0.25) is 0 Å². The third-order valence-corrected chi connectivity index (χ3v) is 4.07. The van der Waals surface area contributed by atoms with E-state index in [0.29, 0.717) is 6.54 Å². The summed E-state index contributed by atoms with van der Waals surface area (Å²) in [7, 11) is 3.44. The molecule has 26 heavy (non-hydrogen) atoms. The van der Waals surface area contributed by atoms with Gasteiger partial charge in [0.2, 0.25) is 0 Å². The van der Waals surface area contributed by atoms with E-state index in [-0.39, 0.29) is 0 Å². The molecule has 1 aromatic carbocycles. The molecule has 0 aliphatic carbocycles. The summed E-state index contributed by atoms with van der Waals surface area (Å²) >= 11 is 0. The van der Waals surface area contributed by atoms with Gasteiger partial charge in [0, 0.05) is 32.8 Å². The van der Waals surface area contributed by atoms with E-state index in [1.165, 1.54) is 0 Å². The molecule has 0 spiro atoms. The summed E-state index contributed by atoms with van der Waals surface area (Å²) in [6.45, 7) is 1.49. The number of hydrogen-bond acceptors (Lipinski definition) is 4. The van der Waals surface area contributed by atoms with E-state index in [1.54, 1.807) is 14.2 Å². The molecule has 2 N–H and O–H groups in total. The minimum atomic E-state index is 0.686. The molecule has 7 heteroatoms. The smallest absolute Gasteiger partial charge is 0.191 e. The molecule has 0 saturated carbocycles. The van der Waals surface area contributed by atoms with Crippen LogP contribution in [0.25, 0.3) is 5.65 Å². The SMILES string of the molecule is CN=C(NCCCc1nnc2ccccn12)NCc1cccc(OC)c1. The van der Waals surface area contributed by atoms with Crippen molar-refractivity contribution in [2.45, 2.75) is 19.4 Å². The number of guanidine groups is 1. The zero-order valence-corrected chi connectivity index (χ0v) is 15.1. The first kappa shape index (κ1) is 17.7. The van der Waals surface area contributed by atoms with Crippen molar-refractivity contribution in [3.63, 3.8) is 0 Å². The van der Waals surface area contributed by atoms with Gasteiger partial charge in [-0.3, -0.25) is 9.39 Å². The van der Waals surface area contributed by atoms with Crippen molar-refractivity contribution in [2.75, 3.05) is 20.7 Å². The number of fused-ring (bicyclic) bond motifs is 1. The van der Waals surface area contributed by atoms with Gasteiger partial charge in [-0.05, 0) is 36.2 Å². The summed E-state index contributed by atoms with van der Waals surface area (Å²) in [5, 5.41) is 15.1. The molecule has 3 rings (SSSR count). The summed E-state index contributed by atoms with van der Waals surface area (Å²) in [5.41, 5.74) is 2.02. The number of aromatic nitrogens is 3. The van der Waals surface area contributed by atoms with Crippen LogP contribution >= 0.6 is 0 Å². The highest BCUT2D eigenvalue weighted by Gasteiger charge is 2.04. The third kappa shape index (κ3) is 4.50. The molecule has 0 saturated heterocycles. The largest absolute Gasteiger partial charge is 0.497 e. The minimum Gasteiger partial charge on any atom is -0.497 e.